The van der Waals surface area contributed by atoms with Crippen LogP contribution < -0.4 is 19.9 Å². The van der Waals surface area contributed by atoms with Crippen molar-refractivity contribution in [2.45, 2.75) is 6.54 Å². The van der Waals surface area contributed by atoms with Crippen LogP contribution in [0.2, 0.25) is 0 Å². The monoisotopic (exact) mass is 579 g/mol. The Balaban J connectivity index is 1.36. The Morgan fingerprint density at radius 1 is 0.818 bits per heavy atom. The minimum absolute atomic E-state index is 0.404. The molecule has 4 aromatic heterocycles. The van der Waals surface area contributed by atoms with Crippen molar-refractivity contribution >= 4 is 71.0 Å². The molecule has 0 radical (unpaired) electrons. The van der Waals surface area contributed by atoms with Crippen LogP contribution in [-0.4, -0.2) is 41.3 Å². The second kappa shape index (κ2) is 9.87. The number of hydrogen-bond acceptors (Lipinski definition) is 6. The van der Waals surface area contributed by atoms with Crippen LogP contribution in [0.4, 0.5) is 5.82 Å². The lowest BCUT2D eigenvalue weighted by molar-refractivity contribution is 0.415. The number of nitrogens with zero attached hydrogens (tertiary/aromatic N) is 3. The number of ether oxygens (including phenoxy) is 3. The topological polar surface area (TPSA) is 115 Å². The number of methoxy groups -OCH3 is 3. The summed E-state index contributed by atoms with van der Waals surface area (Å²) in [7, 11) is 4.97. The molecule has 0 amide bonds. The molecular formula is C35H27N6O3+. The minimum atomic E-state index is 0.404. The third kappa shape index (κ3) is 3.82. The fourth-order valence-electron chi connectivity index (χ4n) is 6.26. The molecule has 0 unspecified atom stereocenters. The van der Waals surface area contributed by atoms with Crippen LogP contribution in [0.5, 0.6) is 17.2 Å². The average Bonchev–Trinajstić information content (AvgIpc) is 3.65. The van der Waals surface area contributed by atoms with E-state index in [2.05, 4.69) is 27.1 Å². The summed E-state index contributed by atoms with van der Waals surface area (Å²) >= 11 is 0. The SMILES string of the molecule is COc1ccc2c(c1)nc1c3cc([N+]#Cc4cc5cncc(OC)c5c5[nH]c6cc(OC)ccc6c45)[nH]cc3cc(CN)c21. The molecule has 0 aliphatic heterocycles. The molecule has 0 saturated carbocycles. The van der Waals surface area contributed by atoms with E-state index in [0.29, 0.717) is 18.1 Å². The molecule has 9 nitrogen and oxygen atoms in total. The van der Waals surface area contributed by atoms with Gasteiger partial charge in [0.2, 0.25) is 0 Å². The van der Waals surface area contributed by atoms with Gasteiger partial charge < -0.3 is 24.9 Å². The Morgan fingerprint density at radius 3 is 2.43 bits per heavy atom. The third-order valence-corrected chi connectivity index (χ3v) is 8.32. The highest BCUT2D eigenvalue weighted by molar-refractivity contribution is 6.21. The summed E-state index contributed by atoms with van der Waals surface area (Å²) in [6, 6.07) is 21.4. The van der Waals surface area contributed by atoms with Crippen molar-refractivity contribution in [3.8, 4) is 23.3 Å². The number of aromatic amines is 2. The number of aromatic nitrogens is 4. The van der Waals surface area contributed by atoms with E-state index in [9.17, 15) is 0 Å². The van der Waals surface area contributed by atoms with Gasteiger partial charge >= 0.3 is 5.82 Å². The quantitative estimate of drug-likeness (QED) is 0.198. The van der Waals surface area contributed by atoms with E-state index in [1.807, 2.05) is 60.9 Å². The summed E-state index contributed by atoms with van der Waals surface area (Å²) in [5.74, 6) is 2.86. The third-order valence-electron chi connectivity index (χ3n) is 8.32. The van der Waals surface area contributed by atoms with E-state index in [1.165, 1.54) is 0 Å². The molecule has 0 aliphatic rings. The van der Waals surface area contributed by atoms with Crippen molar-refractivity contribution in [2.24, 2.45) is 5.73 Å². The first-order chi connectivity index (χ1) is 21.6. The zero-order valence-corrected chi connectivity index (χ0v) is 24.3. The van der Waals surface area contributed by atoms with Crippen molar-refractivity contribution in [1.82, 2.24) is 19.9 Å². The van der Waals surface area contributed by atoms with Gasteiger partial charge in [0, 0.05) is 62.6 Å². The molecule has 4 aromatic carbocycles. The summed E-state index contributed by atoms with van der Waals surface area (Å²) < 4.78 is 16.6. The fraction of sp³-hybridized carbons (Fsp3) is 0.114. The van der Waals surface area contributed by atoms with Crippen molar-refractivity contribution in [3.63, 3.8) is 0 Å². The first-order valence-electron chi connectivity index (χ1n) is 14.1. The smallest absolute Gasteiger partial charge is 0.384 e. The largest absolute Gasteiger partial charge is 0.497 e. The standard InChI is InChI=1S/C35H26N6O3/c1-42-22-4-6-24-27(10-22)40-34-26-12-30(38-15-19(26)8-18(13-36)31(24)34)39-16-21-9-20-14-37-17-29(44-3)33(20)35-32(21)25-7-5-23(43-2)11-28(25)41-35/h4-12,14-15,17H,13,36H2,1-3H3,(H,38,40)/p+1. The van der Waals surface area contributed by atoms with Gasteiger partial charge in [-0.3, -0.25) is 4.98 Å². The van der Waals surface area contributed by atoms with Crippen LogP contribution in [0.1, 0.15) is 11.1 Å². The summed E-state index contributed by atoms with van der Waals surface area (Å²) in [5, 5.41) is 7.94. The van der Waals surface area contributed by atoms with Gasteiger partial charge in [-0.15, -0.1) is 0 Å². The van der Waals surface area contributed by atoms with E-state index in [1.54, 1.807) is 27.5 Å². The molecule has 4 heterocycles. The normalized spacial score (nSPS) is 11.5. The lowest BCUT2D eigenvalue weighted by Crippen LogP contribution is -1.97. The predicted molar refractivity (Wildman–Crippen MR) is 176 cm³/mol. The molecule has 0 fully saturated rings. The van der Waals surface area contributed by atoms with Crippen molar-refractivity contribution < 1.29 is 14.2 Å². The summed E-state index contributed by atoms with van der Waals surface area (Å²) in [6.45, 7) is 0.404. The van der Waals surface area contributed by atoms with Gasteiger partial charge in [0.25, 0.3) is 0 Å². The fourth-order valence-corrected chi connectivity index (χ4v) is 6.26. The van der Waals surface area contributed by atoms with Crippen molar-refractivity contribution in [1.29, 1.82) is 0 Å². The van der Waals surface area contributed by atoms with Gasteiger partial charge in [-0.1, -0.05) is 0 Å². The molecule has 8 rings (SSSR count). The van der Waals surface area contributed by atoms with Crippen LogP contribution in [-0.2, 0) is 6.54 Å². The molecule has 214 valence electrons. The average molecular weight is 580 g/mol. The maximum Gasteiger partial charge on any atom is 0.384 e. The second-order valence-corrected chi connectivity index (χ2v) is 10.7. The second-order valence-electron chi connectivity index (χ2n) is 10.7. The number of rotatable bonds is 4. The Morgan fingerprint density at radius 2 is 1.64 bits per heavy atom. The zero-order chi connectivity index (χ0) is 29.9. The van der Waals surface area contributed by atoms with Gasteiger partial charge in [-0.25, -0.2) is 9.97 Å². The maximum absolute atomic E-state index is 6.19. The lowest BCUT2D eigenvalue weighted by Gasteiger charge is -2.06. The number of fused-ring (bicyclic) bond motifs is 10. The summed E-state index contributed by atoms with van der Waals surface area (Å²) in [4.78, 5) is 21.1. The van der Waals surface area contributed by atoms with Gasteiger partial charge in [-0.2, -0.15) is 4.85 Å². The molecular weight excluding hydrogens is 552 g/mol. The molecule has 8 aromatic rings. The number of nitrogens with one attached hydrogen (secondary N) is 2. The zero-order valence-electron chi connectivity index (χ0n) is 24.3. The molecule has 9 heteroatoms. The number of nitrogens with two attached hydrogens (primary N) is 1. The van der Waals surface area contributed by atoms with Gasteiger partial charge in [0.15, 0.2) is 6.07 Å². The van der Waals surface area contributed by atoms with Crippen LogP contribution in [0, 0.1) is 6.07 Å². The van der Waals surface area contributed by atoms with Crippen LogP contribution in [0.15, 0.2) is 73.2 Å². The van der Waals surface area contributed by atoms with Crippen LogP contribution in [0.3, 0.4) is 0 Å². The Bertz CT molecular complexity index is 2520. The summed E-state index contributed by atoms with van der Waals surface area (Å²) in [6.07, 6.45) is 5.49. The molecule has 0 saturated heterocycles. The van der Waals surface area contributed by atoms with E-state index in [4.69, 9.17) is 29.8 Å². The maximum atomic E-state index is 6.19. The van der Waals surface area contributed by atoms with Gasteiger partial charge in [0.1, 0.15) is 17.2 Å². The molecule has 0 aliphatic carbocycles. The summed E-state index contributed by atoms with van der Waals surface area (Å²) in [5.41, 5.74) is 11.7. The number of H-pyrrole nitrogens is 2. The number of pyridine rings is 2. The molecule has 44 heavy (non-hydrogen) atoms. The lowest BCUT2D eigenvalue weighted by atomic mass is 10.0. The van der Waals surface area contributed by atoms with E-state index >= 15 is 0 Å². The van der Waals surface area contributed by atoms with Gasteiger partial charge in [0.05, 0.1) is 72.8 Å². The van der Waals surface area contributed by atoms with E-state index in [0.717, 1.165) is 87.8 Å². The van der Waals surface area contributed by atoms with Crippen LogP contribution in [0.25, 0.3) is 70.0 Å². The Kier molecular flexibility index (Phi) is 5.79. The van der Waals surface area contributed by atoms with Crippen LogP contribution >= 0.6 is 0 Å². The highest BCUT2D eigenvalue weighted by Gasteiger charge is 2.19. The van der Waals surface area contributed by atoms with E-state index < -0.39 is 0 Å². The molecule has 0 atom stereocenters. The first kappa shape index (κ1) is 25.8. The van der Waals surface area contributed by atoms with Gasteiger partial charge in [-0.05, 0) is 42.0 Å². The Hall–Kier alpha value is -5.85. The predicted octanol–water partition coefficient (Wildman–Crippen LogP) is 7.55. The highest BCUT2D eigenvalue weighted by atomic mass is 16.5. The molecule has 0 bridgehead atoms. The van der Waals surface area contributed by atoms with E-state index in [-0.39, 0.29) is 0 Å². The Labute approximate surface area is 251 Å². The molecule has 4 N–H and O–H groups in total. The first-order valence-corrected chi connectivity index (χ1v) is 14.1. The highest BCUT2D eigenvalue weighted by Crippen LogP contribution is 2.40. The minimum Gasteiger partial charge on any atom is -0.497 e. The number of benzene rings is 4. The van der Waals surface area contributed by atoms with Crippen molar-refractivity contribution in [2.75, 3.05) is 21.3 Å². The van der Waals surface area contributed by atoms with Crippen molar-refractivity contribution in [3.05, 3.63) is 89.2 Å². The molecule has 0 spiro atoms. The number of hydrogen-bond donors (Lipinski definition) is 3.